The molecule has 11 nitrogen and oxygen atoms in total. The summed E-state index contributed by atoms with van der Waals surface area (Å²) in [4.78, 5) is 59.6. The maximum Gasteiger partial charge on any atom is 0.308 e. The lowest BCUT2D eigenvalue weighted by atomic mass is 10.1. The van der Waals surface area contributed by atoms with E-state index in [-0.39, 0.29) is 34.5 Å². The van der Waals surface area contributed by atoms with Gasteiger partial charge in [-0.1, -0.05) is 30.0 Å². The van der Waals surface area contributed by atoms with Crippen LogP contribution in [0.5, 0.6) is 0 Å². The van der Waals surface area contributed by atoms with Gasteiger partial charge in [0.2, 0.25) is 5.91 Å². The maximum absolute atomic E-state index is 13.6. The number of nitrogens with one attached hydrogen (secondary N) is 1. The minimum Gasteiger partial charge on any atom is -0.469 e. The fourth-order valence-electron chi connectivity index (χ4n) is 4.04. The number of anilines is 1. The van der Waals surface area contributed by atoms with Crippen molar-refractivity contribution in [3.8, 4) is 0 Å². The standard InChI is InChI=1S/C23H25N5O6S2/c1-33-11-5-9-28-22(32)16(36-23(28)35)12-14-19(25-17-6-3-4-8-27(17)21(14)31)26-10-7-24-20(30)15(26)13-18(29)34-2/h3-4,6,8,12,15H,5,7,9-11,13H2,1-2H3,(H,24,30)/b16-12-. The maximum atomic E-state index is 13.6. The molecule has 1 unspecified atom stereocenters. The van der Waals surface area contributed by atoms with Crippen LogP contribution < -0.4 is 15.8 Å². The number of piperazine rings is 1. The topological polar surface area (TPSA) is 123 Å². The molecule has 2 fully saturated rings. The molecule has 4 heterocycles. The van der Waals surface area contributed by atoms with Gasteiger partial charge in [0.15, 0.2) is 0 Å². The molecule has 2 aliphatic rings. The van der Waals surface area contributed by atoms with E-state index < -0.39 is 17.6 Å². The van der Waals surface area contributed by atoms with Crippen LogP contribution in [0, 0.1) is 0 Å². The highest BCUT2D eigenvalue weighted by Crippen LogP contribution is 2.34. The highest BCUT2D eigenvalue weighted by atomic mass is 32.2. The number of carbonyl (C=O) groups excluding carboxylic acids is 3. The number of fused-ring (bicyclic) bond motifs is 1. The largest absolute Gasteiger partial charge is 0.469 e. The highest BCUT2D eigenvalue weighted by Gasteiger charge is 2.36. The quantitative estimate of drug-likeness (QED) is 0.227. The summed E-state index contributed by atoms with van der Waals surface area (Å²) in [7, 11) is 2.83. The molecule has 0 radical (unpaired) electrons. The van der Waals surface area contributed by atoms with Crippen molar-refractivity contribution in [2.75, 3.05) is 45.4 Å². The average molecular weight is 532 g/mol. The van der Waals surface area contributed by atoms with Gasteiger partial charge in [-0.25, -0.2) is 4.98 Å². The highest BCUT2D eigenvalue weighted by molar-refractivity contribution is 8.26. The summed E-state index contributed by atoms with van der Waals surface area (Å²) in [5.74, 6) is -1.05. The van der Waals surface area contributed by atoms with E-state index in [1.807, 2.05) is 0 Å². The molecule has 1 N–H and O–H groups in total. The Morgan fingerprint density at radius 2 is 2.11 bits per heavy atom. The van der Waals surface area contributed by atoms with Gasteiger partial charge in [-0.3, -0.25) is 28.5 Å². The first-order valence-electron chi connectivity index (χ1n) is 11.2. The second kappa shape index (κ2) is 11.2. The Labute approximate surface area is 216 Å². The summed E-state index contributed by atoms with van der Waals surface area (Å²) >= 11 is 6.50. The zero-order valence-corrected chi connectivity index (χ0v) is 21.4. The minimum absolute atomic E-state index is 0.126. The van der Waals surface area contributed by atoms with Gasteiger partial charge in [-0.15, -0.1) is 0 Å². The Bertz CT molecular complexity index is 1310. The number of pyridine rings is 1. The van der Waals surface area contributed by atoms with E-state index >= 15 is 0 Å². The fraction of sp³-hybridized carbons (Fsp3) is 0.391. The van der Waals surface area contributed by atoms with Gasteiger partial charge < -0.3 is 19.7 Å². The second-order valence-electron chi connectivity index (χ2n) is 8.04. The number of hydrogen-bond donors (Lipinski definition) is 1. The number of aromatic nitrogens is 2. The summed E-state index contributed by atoms with van der Waals surface area (Å²) < 4.78 is 11.6. The number of amides is 2. The third kappa shape index (κ3) is 5.13. The van der Waals surface area contributed by atoms with Gasteiger partial charge in [-0.2, -0.15) is 0 Å². The summed E-state index contributed by atoms with van der Waals surface area (Å²) in [6, 6.07) is 4.18. The van der Waals surface area contributed by atoms with E-state index in [2.05, 4.69) is 10.3 Å². The first-order chi connectivity index (χ1) is 17.3. The molecule has 2 aromatic rings. The van der Waals surface area contributed by atoms with E-state index in [1.165, 1.54) is 22.5 Å². The SMILES string of the molecule is COCCCN1C(=O)/C(=C/c2c(N3CCNC(=O)C3CC(=O)OC)nc3ccccn3c2=O)SC1=S. The molecule has 4 rings (SSSR count). The molecule has 2 aliphatic heterocycles. The van der Waals surface area contributed by atoms with Crippen molar-refractivity contribution in [1.29, 1.82) is 0 Å². The van der Waals surface area contributed by atoms with Gasteiger partial charge >= 0.3 is 5.97 Å². The van der Waals surface area contributed by atoms with Crippen LogP contribution in [0.2, 0.25) is 0 Å². The van der Waals surface area contributed by atoms with Crippen molar-refractivity contribution in [3.05, 3.63) is 45.2 Å². The van der Waals surface area contributed by atoms with Crippen molar-refractivity contribution < 1.29 is 23.9 Å². The molecule has 0 spiro atoms. The molecule has 36 heavy (non-hydrogen) atoms. The second-order valence-corrected chi connectivity index (χ2v) is 9.72. The number of thioether (sulfide) groups is 1. The van der Waals surface area contributed by atoms with Gasteiger partial charge in [0, 0.05) is 39.5 Å². The Kier molecular flexibility index (Phi) is 8.01. The summed E-state index contributed by atoms with van der Waals surface area (Å²) in [5.41, 5.74) is 0.0771. The fourth-order valence-corrected chi connectivity index (χ4v) is 5.33. The molecule has 2 amide bonds. The van der Waals surface area contributed by atoms with E-state index in [0.717, 1.165) is 11.8 Å². The number of rotatable bonds is 8. The van der Waals surface area contributed by atoms with Crippen LogP contribution in [0.25, 0.3) is 11.7 Å². The number of thiocarbonyl (C=S) groups is 1. The molecule has 0 aromatic carbocycles. The average Bonchev–Trinajstić information content (AvgIpc) is 3.14. The molecule has 2 saturated heterocycles. The summed E-state index contributed by atoms with van der Waals surface area (Å²) in [5, 5.41) is 2.74. The molecule has 0 bridgehead atoms. The monoisotopic (exact) mass is 531 g/mol. The van der Waals surface area contributed by atoms with Crippen molar-refractivity contribution in [2.45, 2.75) is 18.9 Å². The number of hydrogen-bond acceptors (Lipinski definition) is 10. The number of methoxy groups -OCH3 is 2. The Morgan fingerprint density at radius 3 is 2.86 bits per heavy atom. The van der Waals surface area contributed by atoms with Gasteiger partial charge in [-0.05, 0) is 24.6 Å². The lowest BCUT2D eigenvalue weighted by Gasteiger charge is -2.36. The molecule has 190 valence electrons. The van der Waals surface area contributed by atoms with E-state index in [9.17, 15) is 19.2 Å². The van der Waals surface area contributed by atoms with Crippen LogP contribution >= 0.6 is 24.0 Å². The molecule has 0 saturated carbocycles. The number of carbonyl (C=O) groups is 3. The zero-order valence-electron chi connectivity index (χ0n) is 19.8. The van der Waals surface area contributed by atoms with Crippen molar-refractivity contribution in [3.63, 3.8) is 0 Å². The Hall–Kier alpha value is -3.29. The number of nitrogens with zero attached hydrogens (tertiary/aromatic N) is 4. The van der Waals surface area contributed by atoms with Crippen LogP contribution in [0.3, 0.4) is 0 Å². The Balaban J connectivity index is 1.82. The van der Waals surface area contributed by atoms with E-state index in [4.69, 9.17) is 21.7 Å². The Morgan fingerprint density at radius 1 is 1.31 bits per heavy atom. The molecule has 1 atom stereocenters. The molecule has 13 heteroatoms. The van der Waals surface area contributed by atoms with Crippen LogP contribution in [-0.4, -0.2) is 82.9 Å². The third-order valence-corrected chi connectivity index (χ3v) is 7.20. The summed E-state index contributed by atoms with van der Waals surface area (Å²) in [6.45, 7) is 1.48. The van der Waals surface area contributed by atoms with Crippen LogP contribution in [-0.2, 0) is 23.9 Å². The minimum atomic E-state index is -0.931. The van der Waals surface area contributed by atoms with E-state index in [0.29, 0.717) is 42.6 Å². The normalized spacial score (nSPS) is 19.3. The van der Waals surface area contributed by atoms with Crippen LogP contribution in [0.4, 0.5) is 5.82 Å². The third-order valence-electron chi connectivity index (χ3n) is 5.82. The van der Waals surface area contributed by atoms with Crippen molar-refractivity contribution in [2.24, 2.45) is 0 Å². The molecular weight excluding hydrogens is 506 g/mol. The van der Waals surface area contributed by atoms with Crippen LogP contribution in [0.15, 0.2) is 34.1 Å². The van der Waals surface area contributed by atoms with Crippen molar-refractivity contribution in [1.82, 2.24) is 19.6 Å². The first-order valence-corrected chi connectivity index (χ1v) is 12.4. The lowest BCUT2D eigenvalue weighted by molar-refractivity contribution is -0.143. The zero-order chi connectivity index (χ0) is 25.8. The smallest absolute Gasteiger partial charge is 0.308 e. The van der Waals surface area contributed by atoms with Gasteiger partial charge in [0.1, 0.15) is 21.8 Å². The summed E-state index contributed by atoms with van der Waals surface area (Å²) in [6.07, 6.45) is 3.44. The molecule has 2 aromatic heterocycles. The van der Waals surface area contributed by atoms with Gasteiger partial charge in [0.25, 0.3) is 11.5 Å². The van der Waals surface area contributed by atoms with Crippen molar-refractivity contribution >= 4 is 63.6 Å². The predicted molar refractivity (Wildman–Crippen MR) is 139 cm³/mol. The number of esters is 1. The molecule has 0 aliphatic carbocycles. The predicted octanol–water partition coefficient (Wildman–Crippen LogP) is 0.800. The lowest BCUT2D eigenvalue weighted by Crippen LogP contribution is -2.57. The van der Waals surface area contributed by atoms with Crippen LogP contribution in [0.1, 0.15) is 18.4 Å². The number of ether oxygens (including phenoxy) is 2. The van der Waals surface area contributed by atoms with E-state index in [1.54, 1.807) is 36.4 Å². The molecular formula is C23H25N5O6S2. The van der Waals surface area contributed by atoms with Gasteiger partial charge in [0.05, 0.1) is 24.0 Å². The first kappa shape index (κ1) is 25.8.